The van der Waals surface area contributed by atoms with Gasteiger partial charge in [-0.2, -0.15) is 5.26 Å². The van der Waals surface area contributed by atoms with E-state index in [-0.39, 0.29) is 12.3 Å². The zero-order valence-corrected chi connectivity index (χ0v) is 18.9. The molecule has 0 heterocycles. The third kappa shape index (κ3) is 7.68. The van der Waals surface area contributed by atoms with E-state index in [4.69, 9.17) is 9.84 Å². The van der Waals surface area contributed by atoms with E-state index in [1.165, 1.54) is 0 Å². The van der Waals surface area contributed by atoms with E-state index in [2.05, 4.69) is 16.7 Å². The number of aryl methyl sites for hydroxylation is 1. The van der Waals surface area contributed by atoms with Crippen LogP contribution in [-0.2, 0) is 22.4 Å². The molecule has 0 aliphatic rings. The van der Waals surface area contributed by atoms with Gasteiger partial charge in [0.1, 0.15) is 17.8 Å². The molecule has 0 aliphatic carbocycles. The fourth-order valence-corrected chi connectivity index (χ4v) is 3.56. The standard InChI is InChI=1S/C27H27N3O4/c1-19-7-5-8-20(13-19)16-25(29-22-10-3-2-4-11-22)27(33)30-23(17-28)14-21-9-6-12-24(15-21)34-18-26(31)32/h2-13,15,23,25,29H,14,16,18H2,1H3,(H,30,33)(H,31,32)/t23-,25-/m0/s1. The number of carboxylic acid groups (broad SMARTS) is 1. The summed E-state index contributed by atoms with van der Waals surface area (Å²) in [5.74, 6) is -0.959. The SMILES string of the molecule is Cc1cccc(C[C@H](Nc2ccccc2)C(=O)N[C@H](C#N)Cc2cccc(OCC(=O)O)c2)c1. The molecular formula is C27H27N3O4. The highest BCUT2D eigenvalue weighted by atomic mass is 16.5. The van der Waals surface area contributed by atoms with Crippen LogP contribution in [0.3, 0.4) is 0 Å². The summed E-state index contributed by atoms with van der Waals surface area (Å²) in [6, 6.07) is 25.1. The molecule has 7 heteroatoms. The first-order chi connectivity index (χ1) is 16.4. The van der Waals surface area contributed by atoms with Gasteiger partial charge in [0.15, 0.2) is 6.61 Å². The van der Waals surface area contributed by atoms with Gasteiger partial charge in [0, 0.05) is 18.5 Å². The molecule has 1 amide bonds. The van der Waals surface area contributed by atoms with Crippen molar-refractivity contribution < 1.29 is 19.4 Å². The molecule has 34 heavy (non-hydrogen) atoms. The fraction of sp³-hybridized carbons (Fsp3) is 0.222. The van der Waals surface area contributed by atoms with E-state index in [0.29, 0.717) is 12.2 Å². The number of nitrogens with one attached hydrogen (secondary N) is 2. The molecule has 0 unspecified atom stereocenters. The lowest BCUT2D eigenvalue weighted by Crippen LogP contribution is -2.46. The molecule has 0 radical (unpaired) electrons. The molecule has 3 aromatic carbocycles. The summed E-state index contributed by atoms with van der Waals surface area (Å²) in [6.45, 7) is 1.55. The maximum Gasteiger partial charge on any atom is 0.341 e. The van der Waals surface area contributed by atoms with E-state index in [1.807, 2.05) is 61.5 Å². The zero-order valence-electron chi connectivity index (χ0n) is 18.9. The maximum absolute atomic E-state index is 13.2. The van der Waals surface area contributed by atoms with Gasteiger partial charge in [-0.05, 0) is 42.3 Å². The Balaban J connectivity index is 1.71. The maximum atomic E-state index is 13.2. The lowest BCUT2D eigenvalue weighted by molar-refractivity contribution is -0.139. The summed E-state index contributed by atoms with van der Waals surface area (Å²) in [6.07, 6.45) is 0.716. The minimum absolute atomic E-state index is 0.259. The molecule has 3 aromatic rings. The van der Waals surface area contributed by atoms with Crippen molar-refractivity contribution in [3.05, 3.63) is 95.6 Å². The first-order valence-electron chi connectivity index (χ1n) is 10.9. The van der Waals surface area contributed by atoms with Crippen LogP contribution < -0.4 is 15.4 Å². The highest BCUT2D eigenvalue weighted by molar-refractivity contribution is 5.85. The van der Waals surface area contributed by atoms with Gasteiger partial charge in [0.05, 0.1) is 6.07 Å². The molecule has 2 atom stereocenters. The Bertz CT molecular complexity index is 1160. The summed E-state index contributed by atoms with van der Waals surface area (Å²) in [5.41, 5.74) is 3.68. The van der Waals surface area contributed by atoms with Gasteiger partial charge in [0.25, 0.3) is 0 Å². The topological polar surface area (TPSA) is 111 Å². The number of rotatable bonds is 11. The molecule has 0 spiro atoms. The predicted octanol–water partition coefficient (Wildman–Crippen LogP) is 3.73. The Morgan fingerprint density at radius 3 is 2.35 bits per heavy atom. The van der Waals surface area contributed by atoms with E-state index in [1.54, 1.807) is 24.3 Å². The number of ether oxygens (including phenoxy) is 1. The van der Waals surface area contributed by atoms with Crippen LogP contribution in [0.15, 0.2) is 78.9 Å². The zero-order chi connectivity index (χ0) is 24.3. The van der Waals surface area contributed by atoms with Gasteiger partial charge >= 0.3 is 5.97 Å². The lowest BCUT2D eigenvalue weighted by Gasteiger charge is -2.22. The van der Waals surface area contributed by atoms with Crippen LogP contribution in [0, 0.1) is 18.3 Å². The van der Waals surface area contributed by atoms with E-state index < -0.39 is 24.7 Å². The number of aliphatic carboxylic acids is 1. The smallest absolute Gasteiger partial charge is 0.341 e. The molecule has 0 aliphatic heterocycles. The Morgan fingerprint density at radius 1 is 0.971 bits per heavy atom. The predicted molar refractivity (Wildman–Crippen MR) is 130 cm³/mol. The monoisotopic (exact) mass is 457 g/mol. The number of carbonyl (C=O) groups excluding carboxylic acids is 1. The fourth-order valence-electron chi connectivity index (χ4n) is 3.56. The molecule has 174 valence electrons. The highest BCUT2D eigenvalue weighted by Crippen LogP contribution is 2.16. The Hall–Kier alpha value is -4.31. The second-order valence-corrected chi connectivity index (χ2v) is 7.98. The Kier molecular flexibility index (Phi) is 8.64. The molecular weight excluding hydrogens is 430 g/mol. The van der Waals surface area contributed by atoms with E-state index in [9.17, 15) is 14.9 Å². The molecule has 0 aromatic heterocycles. The second kappa shape index (κ2) is 12.1. The van der Waals surface area contributed by atoms with Crippen LogP contribution in [0.25, 0.3) is 0 Å². The van der Waals surface area contributed by atoms with Crippen LogP contribution in [0.4, 0.5) is 5.69 Å². The second-order valence-electron chi connectivity index (χ2n) is 7.98. The van der Waals surface area contributed by atoms with Crippen molar-refractivity contribution in [1.82, 2.24) is 5.32 Å². The number of amides is 1. The number of benzene rings is 3. The van der Waals surface area contributed by atoms with Crippen LogP contribution >= 0.6 is 0 Å². The summed E-state index contributed by atoms with van der Waals surface area (Å²) in [5, 5.41) is 24.6. The number of nitrogens with zero attached hydrogens (tertiary/aromatic N) is 1. The van der Waals surface area contributed by atoms with Gasteiger partial charge in [-0.1, -0.05) is 60.2 Å². The molecule has 3 N–H and O–H groups in total. The largest absolute Gasteiger partial charge is 0.482 e. The summed E-state index contributed by atoms with van der Waals surface area (Å²) in [4.78, 5) is 24.0. The van der Waals surface area contributed by atoms with Crippen molar-refractivity contribution in [2.24, 2.45) is 0 Å². The number of nitriles is 1. The Labute approximate surface area is 199 Å². The average molecular weight is 458 g/mol. The number of hydrogen-bond donors (Lipinski definition) is 3. The number of hydrogen-bond acceptors (Lipinski definition) is 5. The van der Waals surface area contributed by atoms with Crippen LogP contribution in [0.2, 0.25) is 0 Å². The van der Waals surface area contributed by atoms with Gasteiger partial charge in [-0.25, -0.2) is 4.79 Å². The van der Waals surface area contributed by atoms with Crippen LogP contribution in [-0.4, -0.2) is 35.7 Å². The van der Waals surface area contributed by atoms with Gasteiger partial charge < -0.3 is 20.5 Å². The molecule has 0 bridgehead atoms. The molecule has 0 fully saturated rings. The Morgan fingerprint density at radius 2 is 1.68 bits per heavy atom. The third-order valence-electron chi connectivity index (χ3n) is 5.13. The highest BCUT2D eigenvalue weighted by Gasteiger charge is 2.22. The summed E-state index contributed by atoms with van der Waals surface area (Å²) >= 11 is 0. The lowest BCUT2D eigenvalue weighted by atomic mass is 10.0. The summed E-state index contributed by atoms with van der Waals surface area (Å²) in [7, 11) is 0. The first kappa shape index (κ1) is 24.3. The van der Waals surface area contributed by atoms with Crippen LogP contribution in [0.5, 0.6) is 5.75 Å². The van der Waals surface area contributed by atoms with Crippen molar-refractivity contribution in [2.45, 2.75) is 31.8 Å². The van der Waals surface area contributed by atoms with Crippen molar-refractivity contribution in [3.63, 3.8) is 0 Å². The molecule has 0 saturated heterocycles. The van der Waals surface area contributed by atoms with Crippen molar-refractivity contribution in [2.75, 3.05) is 11.9 Å². The quantitative estimate of drug-likeness (QED) is 0.405. The van der Waals surface area contributed by atoms with Crippen LogP contribution in [0.1, 0.15) is 16.7 Å². The molecule has 0 saturated carbocycles. The van der Waals surface area contributed by atoms with Crippen molar-refractivity contribution in [3.8, 4) is 11.8 Å². The number of carboxylic acids is 1. The number of carbonyl (C=O) groups is 2. The number of para-hydroxylation sites is 1. The van der Waals surface area contributed by atoms with Crippen molar-refractivity contribution >= 4 is 17.6 Å². The van der Waals surface area contributed by atoms with E-state index in [0.717, 1.165) is 22.4 Å². The minimum Gasteiger partial charge on any atom is -0.482 e. The normalized spacial score (nSPS) is 12.1. The van der Waals surface area contributed by atoms with E-state index >= 15 is 0 Å². The summed E-state index contributed by atoms with van der Waals surface area (Å²) < 4.78 is 5.21. The van der Waals surface area contributed by atoms with Gasteiger partial charge in [-0.3, -0.25) is 4.79 Å². The molecule has 7 nitrogen and oxygen atoms in total. The van der Waals surface area contributed by atoms with Gasteiger partial charge in [-0.15, -0.1) is 0 Å². The molecule has 3 rings (SSSR count). The third-order valence-corrected chi connectivity index (χ3v) is 5.13. The minimum atomic E-state index is -1.07. The van der Waals surface area contributed by atoms with Crippen molar-refractivity contribution in [1.29, 1.82) is 5.26 Å². The first-order valence-corrected chi connectivity index (χ1v) is 10.9. The van der Waals surface area contributed by atoms with Gasteiger partial charge in [0.2, 0.25) is 5.91 Å². The number of anilines is 1. The average Bonchev–Trinajstić information content (AvgIpc) is 2.83.